The Balaban J connectivity index is 1.68. The van der Waals surface area contributed by atoms with Gasteiger partial charge in [0.25, 0.3) is 0 Å². The highest BCUT2D eigenvalue weighted by Gasteiger charge is 2.20. The molecule has 0 atom stereocenters. The number of nitrogens with zero attached hydrogens (tertiary/aromatic N) is 3. The Labute approximate surface area is 147 Å². The quantitative estimate of drug-likeness (QED) is 0.794. The molecule has 1 aliphatic heterocycles. The molecule has 3 heterocycles. The molecule has 5 nitrogen and oxygen atoms in total. The maximum Gasteiger partial charge on any atom is 0.133 e. The molecule has 0 radical (unpaired) electrons. The maximum atomic E-state index is 5.94. The van der Waals surface area contributed by atoms with Crippen molar-refractivity contribution in [1.82, 2.24) is 15.0 Å². The number of aromatic nitrogens is 3. The molecule has 25 heavy (non-hydrogen) atoms. The number of rotatable bonds is 3. The van der Waals surface area contributed by atoms with Gasteiger partial charge in [0.05, 0.1) is 17.9 Å². The van der Waals surface area contributed by atoms with Crippen LogP contribution < -0.4 is 10.1 Å². The van der Waals surface area contributed by atoms with Gasteiger partial charge in [-0.05, 0) is 37.1 Å². The molecule has 3 aromatic rings. The molecule has 1 aliphatic rings. The van der Waals surface area contributed by atoms with Crippen LogP contribution in [0.4, 0.5) is 5.82 Å². The van der Waals surface area contributed by atoms with Crippen molar-refractivity contribution in [3.63, 3.8) is 0 Å². The molecule has 1 N–H and O–H groups in total. The van der Waals surface area contributed by atoms with Gasteiger partial charge in [-0.1, -0.05) is 24.3 Å². The van der Waals surface area contributed by atoms with Gasteiger partial charge in [0.1, 0.15) is 24.0 Å². The standard InChI is InChI=1S/C20H20N4O/c1-13-6-5-9-21-17(13)11-22-20-16-10-15-7-3-4-8-19(15)25-12-18(16)23-14(2)24-20/h3-9H,10-12H2,1-2H3,(H,22,23,24). The molecule has 0 saturated heterocycles. The van der Waals surface area contributed by atoms with Crippen LogP contribution in [-0.4, -0.2) is 15.0 Å². The second kappa shape index (κ2) is 6.51. The molecule has 0 fully saturated rings. The minimum Gasteiger partial charge on any atom is -0.487 e. The molecule has 0 saturated carbocycles. The van der Waals surface area contributed by atoms with E-state index >= 15 is 0 Å². The van der Waals surface area contributed by atoms with E-state index in [1.807, 2.05) is 37.4 Å². The van der Waals surface area contributed by atoms with Gasteiger partial charge in [0.2, 0.25) is 0 Å². The van der Waals surface area contributed by atoms with Crippen molar-refractivity contribution in [2.45, 2.75) is 33.4 Å². The van der Waals surface area contributed by atoms with E-state index in [9.17, 15) is 0 Å². The summed E-state index contributed by atoms with van der Waals surface area (Å²) < 4.78 is 5.94. The molecule has 4 rings (SSSR count). The Bertz CT molecular complexity index is 923. The number of benzene rings is 1. The summed E-state index contributed by atoms with van der Waals surface area (Å²) >= 11 is 0. The number of ether oxygens (including phenoxy) is 1. The lowest BCUT2D eigenvalue weighted by atomic mass is 10.0. The number of hydrogen-bond acceptors (Lipinski definition) is 5. The van der Waals surface area contributed by atoms with Crippen molar-refractivity contribution in [3.8, 4) is 5.75 Å². The fraction of sp³-hybridized carbons (Fsp3) is 0.250. The SMILES string of the molecule is Cc1nc2c(c(NCc3ncccc3C)n1)Cc1ccccc1OC2. The average molecular weight is 332 g/mol. The van der Waals surface area contributed by atoms with Crippen molar-refractivity contribution in [3.05, 3.63) is 76.5 Å². The monoisotopic (exact) mass is 332 g/mol. The Hall–Kier alpha value is -2.95. The molecule has 126 valence electrons. The molecule has 1 aromatic carbocycles. The van der Waals surface area contributed by atoms with Gasteiger partial charge in [-0.2, -0.15) is 0 Å². The summed E-state index contributed by atoms with van der Waals surface area (Å²) in [6.07, 6.45) is 2.58. The smallest absolute Gasteiger partial charge is 0.133 e. The zero-order valence-corrected chi connectivity index (χ0v) is 14.4. The lowest BCUT2D eigenvalue weighted by molar-refractivity contribution is 0.302. The summed E-state index contributed by atoms with van der Waals surface area (Å²) in [4.78, 5) is 13.7. The van der Waals surface area contributed by atoms with Crippen LogP contribution in [-0.2, 0) is 19.6 Å². The molecular formula is C20H20N4O. The van der Waals surface area contributed by atoms with E-state index in [4.69, 9.17) is 4.74 Å². The van der Waals surface area contributed by atoms with E-state index in [0.717, 1.165) is 46.3 Å². The highest BCUT2D eigenvalue weighted by Crippen LogP contribution is 2.30. The molecule has 2 aromatic heterocycles. The van der Waals surface area contributed by atoms with Crippen LogP contribution in [0.2, 0.25) is 0 Å². The molecule has 5 heteroatoms. The normalized spacial score (nSPS) is 12.6. The van der Waals surface area contributed by atoms with Crippen LogP contribution in [0.25, 0.3) is 0 Å². The summed E-state index contributed by atoms with van der Waals surface area (Å²) in [6, 6.07) is 12.2. The highest BCUT2D eigenvalue weighted by molar-refractivity contribution is 5.52. The predicted octanol–water partition coefficient (Wildman–Crippen LogP) is 3.58. The Morgan fingerprint density at radius 2 is 1.96 bits per heavy atom. The van der Waals surface area contributed by atoms with Gasteiger partial charge < -0.3 is 10.1 Å². The van der Waals surface area contributed by atoms with E-state index in [0.29, 0.717) is 13.2 Å². The molecule has 0 amide bonds. The van der Waals surface area contributed by atoms with Gasteiger partial charge in [-0.25, -0.2) is 9.97 Å². The number of aryl methyl sites for hydroxylation is 2. The number of nitrogens with one attached hydrogen (secondary N) is 1. The Morgan fingerprint density at radius 3 is 2.84 bits per heavy atom. The fourth-order valence-electron chi connectivity index (χ4n) is 3.10. The first-order chi connectivity index (χ1) is 12.2. The van der Waals surface area contributed by atoms with Crippen molar-refractivity contribution in [2.75, 3.05) is 5.32 Å². The lowest BCUT2D eigenvalue weighted by Gasteiger charge is -2.14. The van der Waals surface area contributed by atoms with Crippen LogP contribution in [0.1, 0.15) is 33.9 Å². The summed E-state index contributed by atoms with van der Waals surface area (Å²) in [6.45, 7) is 5.08. The summed E-state index contributed by atoms with van der Waals surface area (Å²) in [5.74, 6) is 2.53. The third-order valence-electron chi connectivity index (χ3n) is 4.45. The van der Waals surface area contributed by atoms with Gasteiger partial charge in [-0.15, -0.1) is 0 Å². The van der Waals surface area contributed by atoms with Crippen molar-refractivity contribution >= 4 is 5.82 Å². The van der Waals surface area contributed by atoms with Crippen LogP contribution in [0.3, 0.4) is 0 Å². The third kappa shape index (κ3) is 3.18. The van der Waals surface area contributed by atoms with Crippen molar-refractivity contribution in [2.24, 2.45) is 0 Å². The first kappa shape index (κ1) is 15.6. The molecule has 0 spiro atoms. The number of hydrogen-bond donors (Lipinski definition) is 1. The molecule has 0 aliphatic carbocycles. The van der Waals surface area contributed by atoms with E-state index in [1.54, 1.807) is 0 Å². The number of fused-ring (bicyclic) bond motifs is 2. The minimum atomic E-state index is 0.465. The number of para-hydroxylation sites is 1. The first-order valence-corrected chi connectivity index (χ1v) is 8.42. The van der Waals surface area contributed by atoms with Crippen LogP contribution >= 0.6 is 0 Å². The van der Waals surface area contributed by atoms with Gasteiger partial charge in [0, 0.05) is 18.2 Å². The van der Waals surface area contributed by atoms with Crippen LogP contribution in [0.5, 0.6) is 5.75 Å². The van der Waals surface area contributed by atoms with Gasteiger partial charge in [0.15, 0.2) is 0 Å². The van der Waals surface area contributed by atoms with Crippen LogP contribution in [0, 0.1) is 13.8 Å². The predicted molar refractivity (Wildman–Crippen MR) is 96.6 cm³/mol. The topological polar surface area (TPSA) is 59.9 Å². The zero-order chi connectivity index (χ0) is 17.2. The third-order valence-corrected chi connectivity index (χ3v) is 4.45. The molecular weight excluding hydrogens is 312 g/mol. The van der Waals surface area contributed by atoms with E-state index in [1.165, 1.54) is 5.56 Å². The summed E-state index contributed by atoms with van der Waals surface area (Å²) in [5.41, 5.74) is 5.40. The van der Waals surface area contributed by atoms with E-state index < -0.39 is 0 Å². The van der Waals surface area contributed by atoms with Crippen molar-refractivity contribution < 1.29 is 4.74 Å². The fourth-order valence-corrected chi connectivity index (χ4v) is 3.10. The van der Waals surface area contributed by atoms with Crippen molar-refractivity contribution in [1.29, 1.82) is 0 Å². The molecule has 0 unspecified atom stereocenters. The highest BCUT2D eigenvalue weighted by atomic mass is 16.5. The molecule has 0 bridgehead atoms. The van der Waals surface area contributed by atoms with E-state index in [2.05, 4.69) is 39.3 Å². The van der Waals surface area contributed by atoms with Crippen LogP contribution in [0.15, 0.2) is 42.6 Å². The largest absolute Gasteiger partial charge is 0.487 e. The Kier molecular flexibility index (Phi) is 4.06. The average Bonchev–Trinajstić information content (AvgIpc) is 2.80. The summed E-state index contributed by atoms with van der Waals surface area (Å²) in [5, 5.41) is 3.46. The van der Waals surface area contributed by atoms with E-state index in [-0.39, 0.29) is 0 Å². The maximum absolute atomic E-state index is 5.94. The minimum absolute atomic E-state index is 0.465. The van der Waals surface area contributed by atoms with Gasteiger partial charge in [-0.3, -0.25) is 4.98 Å². The number of pyridine rings is 1. The lowest BCUT2D eigenvalue weighted by Crippen LogP contribution is -2.12. The number of anilines is 1. The Morgan fingerprint density at radius 1 is 1.08 bits per heavy atom. The second-order valence-electron chi connectivity index (χ2n) is 6.24. The second-order valence-corrected chi connectivity index (χ2v) is 6.24. The zero-order valence-electron chi connectivity index (χ0n) is 14.4. The van der Waals surface area contributed by atoms with Gasteiger partial charge >= 0.3 is 0 Å². The summed E-state index contributed by atoms with van der Waals surface area (Å²) in [7, 11) is 0. The first-order valence-electron chi connectivity index (χ1n) is 8.42.